The Balaban J connectivity index is 1.17. The zero-order chi connectivity index (χ0) is 21.7. The number of H-pyrrole nitrogens is 1. The van der Waals surface area contributed by atoms with Crippen LogP contribution < -0.4 is 5.32 Å². The van der Waals surface area contributed by atoms with Gasteiger partial charge in [0.1, 0.15) is 0 Å². The van der Waals surface area contributed by atoms with Gasteiger partial charge in [0.2, 0.25) is 11.1 Å². The van der Waals surface area contributed by atoms with Gasteiger partial charge in [-0.1, -0.05) is 6.07 Å². The quantitative estimate of drug-likeness (QED) is 0.735. The van der Waals surface area contributed by atoms with E-state index in [9.17, 15) is 4.21 Å². The Morgan fingerprint density at radius 3 is 2.50 bits per heavy atom. The molecular formula is C23H32N6O2S. The highest BCUT2D eigenvalue weighted by atomic mass is 32.2. The van der Waals surface area contributed by atoms with E-state index >= 15 is 0 Å². The predicted molar refractivity (Wildman–Crippen MR) is 124 cm³/mol. The molecule has 8 nitrogen and oxygen atoms in total. The minimum atomic E-state index is -1.33. The number of nitrogens with one attached hydrogen (secondary N) is 2. The van der Waals surface area contributed by atoms with Crippen molar-refractivity contribution in [2.45, 2.75) is 62.1 Å². The van der Waals surface area contributed by atoms with Crippen LogP contribution in [0, 0.1) is 0 Å². The molecule has 2 aromatic rings. The van der Waals surface area contributed by atoms with Crippen molar-refractivity contribution in [3.05, 3.63) is 28.3 Å². The van der Waals surface area contributed by atoms with E-state index in [2.05, 4.69) is 38.5 Å². The number of fused-ring (bicyclic) bond motifs is 2. The summed E-state index contributed by atoms with van der Waals surface area (Å²) < 4.78 is 21.0. The molecule has 1 spiro atoms. The van der Waals surface area contributed by atoms with Crippen LogP contribution in [0.2, 0.25) is 0 Å². The van der Waals surface area contributed by atoms with Gasteiger partial charge in [0.15, 0.2) is 11.0 Å². The van der Waals surface area contributed by atoms with Gasteiger partial charge in [0.05, 0.1) is 13.2 Å². The minimum Gasteiger partial charge on any atom is -0.378 e. The van der Waals surface area contributed by atoms with Crippen LogP contribution in [0.3, 0.4) is 0 Å². The van der Waals surface area contributed by atoms with E-state index < -0.39 is 11.0 Å². The maximum Gasteiger partial charge on any atom is 0.247 e. The number of morpholine rings is 1. The number of aromatic nitrogens is 3. The second-order valence-corrected chi connectivity index (χ2v) is 11.1. The molecule has 2 aliphatic carbocycles. The van der Waals surface area contributed by atoms with Crippen molar-refractivity contribution < 1.29 is 8.95 Å². The number of aromatic amines is 1. The molecule has 2 N–H and O–H groups in total. The average molecular weight is 457 g/mol. The van der Waals surface area contributed by atoms with Crippen molar-refractivity contribution in [1.82, 2.24) is 24.4 Å². The van der Waals surface area contributed by atoms with E-state index in [-0.39, 0.29) is 5.54 Å². The molecule has 6 rings (SSSR count). The van der Waals surface area contributed by atoms with Crippen LogP contribution in [-0.2, 0) is 41.4 Å². The molecule has 1 atom stereocenters. The summed E-state index contributed by atoms with van der Waals surface area (Å²) in [5.74, 6) is 0.525. The number of hydrogen-bond acceptors (Lipinski definition) is 6. The molecule has 4 aliphatic rings. The lowest BCUT2D eigenvalue weighted by Gasteiger charge is -2.49. The highest BCUT2D eigenvalue weighted by Crippen LogP contribution is 2.39. The number of hydrogen-bond donors (Lipinski definition) is 2. The molecule has 1 aromatic heterocycles. The first-order valence-corrected chi connectivity index (χ1v) is 13.1. The molecule has 32 heavy (non-hydrogen) atoms. The Morgan fingerprint density at radius 1 is 1.09 bits per heavy atom. The number of benzene rings is 1. The zero-order valence-electron chi connectivity index (χ0n) is 18.8. The molecule has 172 valence electrons. The minimum absolute atomic E-state index is 0.0845. The fourth-order valence-electron chi connectivity index (χ4n) is 5.99. The number of likely N-dealkylation sites (N-methyl/N-ethyl adjacent to an activating group) is 1. The lowest BCUT2D eigenvalue weighted by molar-refractivity contribution is -0.0758. The van der Waals surface area contributed by atoms with Gasteiger partial charge < -0.3 is 10.1 Å². The van der Waals surface area contributed by atoms with Crippen LogP contribution in [0.5, 0.6) is 0 Å². The van der Waals surface area contributed by atoms with Gasteiger partial charge in [0, 0.05) is 30.9 Å². The maximum atomic E-state index is 13.2. The number of rotatable bonds is 4. The van der Waals surface area contributed by atoms with Crippen LogP contribution in [0.1, 0.15) is 47.9 Å². The molecule has 9 heteroatoms. The van der Waals surface area contributed by atoms with Crippen molar-refractivity contribution in [3.8, 4) is 0 Å². The third-order valence-electron chi connectivity index (χ3n) is 7.98. The molecule has 2 aliphatic heterocycles. The molecule has 0 saturated carbocycles. The molecule has 1 unspecified atom stereocenters. The van der Waals surface area contributed by atoms with E-state index in [0.717, 1.165) is 71.4 Å². The van der Waals surface area contributed by atoms with Crippen molar-refractivity contribution >= 4 is 22.6 Å². The molecule has 0 bridgehead atoms. The predicted octanol–water partition coefficient (Wildman–Crippen LogP) is 2.34. The lowest BCUT2D eigenvalue weighted by atomic mass is 9.87. The van der Waals surface area contributed by atoms with E-state index in [4.69, 9.17) is 4.74 Å². The Kier molecular flexibility index (Phi) is 5.32. The van der Waals surface area contributed by atoms with Gasteiger partial charge >= 0.3 is 0 Å². The van der Waals surface area contributed by atoms with Crippen molar-refractivity contribution in [1.29, 1.82) is 0 Å². The number of nitrogens with zero attached hydrogens (tertiary/aromatic N) is 4. The first-order chi connectivity index (χ1) is 15.6. The summed E-state index contributed by atoms with van der Waals surface area (Å²) >= 11 is 0. The van der Waals surface area contributed by atoms with Crippen molar-refractivity contribution in [2.24, 2.45) is 0 Å². The normalized spacial score (nSPS) is 23.9. The Bertz CT molecular complexity index is 1010. The second-order valence-electron chi connectivity index (χ2n) is 9.70. The van der Waals surface area contributed by atoms with Gasteiger partial charge in [-0.25, -0.2) is 13.6 Å². The van der Waals surface area contributed by atoms with Gasteiger partial charge in [-0.15, -0.1) is 5.10 Å². The molecule has 2 fully saturated rings. The molecule has 0 amide bonds. The van der Waals surface area contributed by atoms with Crippen LogP contribution >= 0.6 is 0 Å². The molecule has 1 aromatic carbocycles. The van der Waals surface area contributed by atoms with Crippen LogP contribution in [-0.4, -0.2) is 74.0 Å². The van der Waals surface area contributed by atoms with Crippen LogP contribution in [0.25, 0.3) is 0 Å². The maximum absolute atomic E-state index is 13.2. The molecule has 3 heterocycles. The number of ether oxygens (including phenoxy) is 1. The number of anilines is 2. The average Bonchev–Trinajstić information content (AvgIpc) is 3.56. The fourth-order valence-corrected chi connectivity index (χ4v) is 7.03. The highest BCUT2D eigenvalue weighted by molar-refractivity contribution is 7.82. The summed E-state index contributed by atoms with van der Waals surface area (Å²) in [6.07, 6.45) is 8.89. The summed E-state index contributed by atoms with van der Waals surface area (Å²) in [7, 11) is 0.848. The Morgan fingerprint density at radius 2 is 1.81 bits per heavy atom. The summed E-state index contributed by atoms with van der Waals surface area (Å²) in [5.41, 5.74) is 7.11. The summed E-state index contributed by atoms with van der Waals surface area (Å²) in [4.78, 5) is 7.02. The van der Waals surface area contributed by atoms with Crippen molar-refractivity contribution in [2.75, 3.05) is 45.2 Å². The fraction of sp³-hybridized carbons (Fsp3) is 0.652. The largest absolute Gasteiger partial charge is 0.378 e. The monoisotopic (exact) mass is 456 g/mol. The van der Waals surface area contributed by atoms with E-state index in [1.54, 1.807) is 0 Å². The summed E-state index contributed by atoms with van der Waals surface area (Å²) in [6.45, 7) is 4.07. The first kappa shape index (κ1) is 20.8. The van der Waals surface area contributed by atoms with E-state index in [0.29, 0.717) is 11.1 Å². The van der Waals surface area contributed by atoms with Crippen molar-refractivity contribution in [3.63, 3.8) is 0 Å². The van der Waals surface area contributed by atoms with Gasteiger partial charge in [-0.2, -0.15) is 4.98 Å². The number of aryl methyl sites for hydroxylation is 2. The van der Waals surface area contributed by atoms with Gasteiger partial charge in [0.25, 0.3) is 0 Å². The third kappa shape index (κ3) is 3.50. The smallest absolute Gasteiger partial charge is 0.247 e. The van der Waals surface area contributed by atoms with Crippen LogP contribution in [0.15, 0.2) is 11.2 Å². The van der Waals surface area contributed by atoms with E-state index in [1.807, 2.05) is 4.31 Å². The molecule has 0 radical (unpaired) electrons. The summed E-state index contributed by atoms with van der Waals surface area (Å²) in [5, 5.41) is 11.3. The SMILES string of the molecule is CN1CCOCC12CCN(S(=O)c1nc(Nc3c4c(cc5c3CCC5)CCC4)n[nH]1)CC2. The Hall–Kier alpha value is -1.81. The highest BCUT2D eigenvalue weighted by Gasteiger charge is 2.41. The standard InChI is InChI=1S/C23H32N6O2S/c1-28-12-13-31-15-23(28)8-10-29(11-9-23)32(30)22-25-21(26-27-22)24-20-18-6-2-4-16(18)14-17-5-3-7-19(17)20/h14H,2-13,15H2,1H3,(H2,24,25,26,27). The van der Waals surface area contributed by atoms with E-state index in [1.165, 1.54) is 40.8 Å². The third-order valence-corrected chi connectivity index (χ3v) is 9.33. The Labute approximate surface area is 191 Å². The zero-order valence-corrected chi connectivity index (χ0v) is 19.6. The topological polar surface area (TPSA) is 86.4 Å². The van der Waals surface area contributed by atoms with Gasteiger partial charge in [-0.3, -0.25) is 4.90 Å². The lowest BCUT2D eigenvalue weighted by Crippen LogP contribution is -2.60. The molecular weight excluding hydrogens is 424 g/mol. The van der Waals surface area contributed by atoms with Gasteiger partial charge in [-0.05, 0) is 80.7 Å². The second kappa shape index (κ2) is 8.20. The first-order valence-electron chi connectivity index (χ1n) is 11.9. The van der Waals surface area contributed by atoms with Crippen LogP contribution in [0.4, 0.5) is 11.6 Å². The number of piperidine rings is 1. The summed E-state index contributed by atoms with van der Waals surface area (Å²) in [6, 6.07) is 2.42. The molecule has 2 saturated heterocycles.